The normalized spacial score (nSPS) is 10.3. The number of aromatic nitrogens is 1. The molecule has 0 aliphatic carbocycles. The van der Waals surface area contributed by atoms with Gasteiger partial charge in [0.25, 0.3) is 0 Å². The molecule has 0 unspecified atom stereocenters. The highest BCUT2D eigenvalue weighted by atomic mass is 79.9. The molecule has 2 aromatic rings. The van der Waals surface area contributed by atoms with Gasteiger partial charge >= 0.3 is 0 Å². The van der Waals surface area contributed by atoms with Crippen molar-refractivity contribution in [1.29, 1.82) is 0 Å². The maximum atomic E-state index is 5.87. The third-order valence-electron chi connectivity index (χ3n) is 2.50. The summed E-state index contributed by atoms with van der Waals surface area (Å²) in [5.74, 6) is 0.695. The number of rotatable bonds is 2. The average Bonchev–Trinajstić information content (AvgIpc) is 2.29. The van der Waals surface area contributed by atoms with Gasteiger partial charge in [-0.05, 0) is 43.7 Å². The second kappa shape index (κ2) is 4.75. The fraction of sp³-hybridized carbons (Fsp3) is 0.154. The molecule has 1 heterocycles. The van der Waals surface area contributed by atoms with Gasteiger partial charge in [0.05, 0.1) is 5.69 Å². The molecule has 0 saturated heterocycles. The Kier molecular flexibility index (Phi) is 3.33. The second-order valence-corrected chi connectivity index (χ2v) is 4.83. The lowest BCUT2D eigenvalue weighted by atomic mass is 10.2. The predicted octanol–water partition coefficient (Wildman–Crippen LogP) is 3.79. The summed E-state index contributed by atoms with van der Waals surface area (Å²) in [6.07, 6.45) is 0. The first-order chi connectivity index (χ1) is 8.06. The van der Waals surface area contributed by atoms with Gasteiger partial charge in [0.1, 0.15) is 0 Å². The number of nitrogens with one attached hydrogen (secondary N) is 1. The van der Waals surface area contributed by atoms with Gasteiger partial charge in [-0.15, -0.1) is 0 Å². The first-order valence-electron chi connectivity index (χ1n) is 5.32. The Labute approximate surface area is 109 Å². The third-order valence-corrected chi connectivity index (χ3v) is 3.35. The van der Waals surface area contributed by atoms with E-state index in [0.717, 1.165) is 15.9 Å². The summed E-state index contributed by atoms with van der Waals surface area (Å²) in [6.45, 7) is 3.99. The van der Waals surface area contributed by atoms with Crippen LogP contribution in [0.15, 0.2) is 34.8 Å². The molecule has 1 aromatic carbocycles. The van der Waals surface area contributed by atoms with Crippen molar-refractivity contribution in [3.05, 3.63) is 46.1 Å². The van der Waals surface area contributed by atoms with E-state index in [1.54, 1.807) is 0 Å². The minimum Gasteiger partial charge on any atom is -0.396 e. The number of halogens is 1. The maximum Gasteiger partial charge on any atom is 0.153 e. The van der Waals surface area contributed by atoms with Crippen LogP contribution >= 0.6 is 15.9 Å². The van der Waals surface area contributed by atoms with E-state index in [9.17, 15) is 0 Å². The summed E-state index contributed by atoms with van der Waals surface area (Å²) in [7, 11) is 0. The fourth-order valence-corrected chi connectivity index (χ4v) is 1.85. The summed E-state index contributed by atoms with van der Waals surface area (Å²) >= 11 is 3.50. The second-order valence-electron chi connectivity index (χ2n) is 3.98. The lowest BCUT2D eigenvalue weighted by molar-refractivity contribution is 1.20. The van der Waals surface area contributed by atoms with E-state index >= 15 is 0 Å². The number of pyridine rings is 1. The predicted molar refractivity (Wildman–Crippen MR) is 75.5 cm³/mol. The van der Waals surface area contributed by atoms with Crippen LogP contribution in [0.4, 0.5) is 17.2 Å². The highest BCUT2D eigenvalue weighted by Crippen LogP contribution is 2.25. The summed E-state index contributed by atoms with van der Waals surface area (Å²) < 4.78 is 1.06. The number of hydrogen-bond acceptors (Lipinski definition) is 3. The first kappa shape index (κ1) is 11.9. The summed E-state index contributed by atoms with van der Waals surface area (Å²) in [5.41, 5.74) is 9.61. The van der Waals surface area contributed by atoms with Crippen LogP contribution < -0.4 is 11.1 Å². The van der Waals surface area contributed by atoms with Crippen LogP contribution in [-0.2, 0) is 0 Å². The van der Waals surface area contributed by atoms with E-state index in [-0.39, 0.29) is 0 Å². The topological polar surface area (TPSA) is 50.9 Å². The zero-order valence-electron chi connectivity index (χ0n) is 9.79. The van der Waals surface area contributed by atoms with E-state index < -0.39 is 0 Å². The van der Waals surface area contributed by atoms with Gasteiger partial charge in [0.15, 0.2) is 5.82 Å². The molecule has 0 aliphatic heterocycles. The Bertz CT molecular complexity index is 552. The minimum atomic E-state index is 0.646. The van der Waals surface area contributed by atoms with Crippen LogP contribution in [0, 0.1) is 13.8 Å². The third kappa shape index (κ3) is 2.77. The number of aryl methyl sites for hydroxylation is 2. The standard InChI is InChI=1S/C13H14BrN3/c1-8-3-5-10(7-11(8)14)17-13-12(15)6-4-9(2)16-13/h3-7H,15H2,1-2H3,(H,16,17). The van der Waals surface area contributed by atoms with Crippen molar-refractivity contribution >= 4 is 33.1 Å². The van der Waals surface area contributed by atoms with Gasteiger partial charge < -0.3 is 11.1 Å². The Morgan fingerprint density at radius 3 is 2.65 bits per heavy atom. The molecule has 88 valence electrons. The molecule has 4 heteroatoms. The lowest BCUT2D eigenvalue weighted by Crippen LogP contribution is -2.00. The van der Waals surface area contributed by atoms with Gasteiger partial charge in [-0.1, -0.05) is 22.0 Å². The van der Waals surface area contributed by atoms with Crippen LogP contribution in [0.1, 0.15) is 11.3 Å². The fourth-order valence-electron chi connectivity index (χ4n) is 1.47. The summed E-state index contributed by atoms with van der Waals surface area (Å²) in [6, 6.07) is 9.81. The molecule has 17 heavy (non-hydrogen) atoms. The van der Waals surface area contributed by atoms with Crippen molar-refractivity contribution in [3.63, 3.8) is 0 Å². The molecule has 0 fully saturated rings. The van der Waals surface area contributed by atoms with Crippen LogP contribution in [0.2, 0.25) is 0 Å². The Hall–Kier alpha value is -1.55. The van der Waals surface area contributed by atoms with E-state index in [1.807, 2.05) is 44.2 Å². The molecule has 3 N–H and O–H groups in total. The van der Waals surface area contributed by atoms with Gasteiger partial charge in [-0.25, -0.2) is 4.98 Å². The summed E-state index contributed by atoms with van der Waals surface area (Å²) in [4.78, 5) is 4.37. The Morgan fingerprint density at radius 1 is 1.18 bits per heavy atom. The molecular formula is C13H14BrN3. The van der Waals surface area contributed by atoms with Crippen molar-refractivity contribution in [3.8, 4) is 0 Å². The number of nitrogen functional groups attached to an aromatic ring is 1. The van der Waals surface area contributed by atoms with Crippen LogP contribution in [0.25, 0.3) is 0 Å². The highest BCUT2D eigenvalue weighted by molar-refractivity contribution is 9.10. The van der Waals surface area contributed by atoms with Gasteiger partial charge in [0, 0.05) is 15.9 Å². The molecule has 3 nitrogen and oxygen atoms in total. The average molecular weight is 292 g/mol. The largest absolute Gasteiger partial charge is 0.396 e. The number of nitrogens with zero attached hydrogens (tertiary/aromatic N) is 1. The number of benzene rings is 1. The summed E-state index contributed by atoms with van der Waals surface area (Å²) in [5, 5.41) is 3.21. The van der Waals surface area contributed by atoms with E-state index in [1.165, 1.54) is 5.56 Å². The smallest absolute Gasteiger partial charge is 0.153 e. The number of nitrogens with two attached hydrogens (primary N) is 1. The van der Waals surface area contributed by atoms with Crippen LogP contribution in [0.5, 0.6) is 0 Å². The van der Waals surface area contributed by atoms with Gasteiger partial charge in [0.2, 0.25) is 0 Å². The highest BCUT2D eigenvalue weighted by Gasteiger charge is 2.03. The van der Waals surface area contributed by atoms with Crippen molar-refractivity contribution in [2.75, 3.05) is 11.1 Å². The molecular weight excluding hydrogens is 278 g/mol. The molecule has 0 aliphatic rings. The van der Waals surface area contributed by atoms with E-state index in [0.29, 0.717) is 11.5 Å². The molecule has 2 rings (SSSR count). The van der Waals surface area contributed by atoms with Crippen LogP contribution in [0.3, 0.4) is 0 Å². The lowest BCUT2D eigenvalue weighted by Gasteiger charge is -2.10. The number of anilines is 3. The quantitative estimate of drug-likeness (QED) is 0.885. The molecule has 0 radical (unpaired) electrons. The molecule has 0 amide bonds. The first-order valence-corrected chi connectivity index (χ1v) is 6.12. The Morgan fingerprint density at radius 2 is 1.94 bits per heavy atom. The van der Waals surface area contributed by atoms with Crippen molar-refractivity contribution in [1.82, 2.24) is 4.98 Å². The Balaban J connectivity index is 2.31. The molecule has 0 bridgehead atoms. The molecule has 0 atom stereocenters. The monoisotopic (exact) mass is 291 g/mol. The van der Waals surface area contributed by atoms with Crippen molar-refractivity contribution in [2.24, 2.45) is 0 Å². The van der Waals surface area contributed by atoms with Crippen molar-refractivity contribution < 1.29 is 0 Å². The van der Waals surface area contributed by atoms with Gasteiger partial charge in [-0.2, -0.15) is 0 Å². The SMILES string of the molecule is Cc1ccc(N)c(Nc2ccc(C)c(Br)c2)n1. The van der Waals surface area contributed by atoms with E-state index in [4.69, 9.17) is 5.73 Å². The molecule has 0 saturated carbocycles. The van der Waals surface area contributed by atoms with E-state index in [2.05, 4.69) is 26.2 Å². The molecule has 1 aromatic heterocycles. The maximum absolute atomic E-state index is 5.87. The zero-order valence-corrected chi connectivity index (χ0v) is 11.4. The molecule has 0 spiro atoms. The number of hydrogen-bond donors (Lipinski definition) is 2. The minimum absolute atomic E-state index is 0.646. The van der Waals surface area contributed by atoms with Gasteiger partial charge in [-0.3, -0.25) is 0 Å². The van der Waals surface area contributed by atoms with Crippen molar-refractivity contribution in [2.45, 2.75) is 13.8 Å². The zero-order chi connectivity index (χ0) is 12.4. The van der Waals surface area contributed by atoms with Crippen LogP contribution in [-0.4, -0.2) is 4.98 Å².